The summed E-state index contributed by atoms with van der Waals surface area (Å²) in [6.45, 7) is 10.1. The molecule has 2 aliphatic rings. The third kappa shape index (κ3) is 9.76. The van der Waals surface area contributed by atoms with Gasteiger partial charge < -0.3 is 29.4 Å². The molecule has 262 valence electrons. The largest absolute Gasteiger partial charge is 0.459 e. The third-order valence-corrected chi connectivity index (χ3v) is 8.77. The first kappa shape index (κ1) is 36.2. The molecule has 2 saturated heterocycles. The molecule has 49 heavy (non-hydrogen) atoms. The van der Waals surface area contributed by atoms with Crippen molar-refractivity contribution in [3.05, 3.63) is 95.1 Å². The second-order valence-corrected chi connectivity index (χ2v) is 13.8. The van der Waals surface area contributed by atoms with E-state index in [9.17, 15) is 19.5 Å². The first-order valence-electron chi connectivity index (χ1n) is 17.0. The molecule has 2 heterocycles. The lowest BCUT2D eigenvalue weighted by Crippen LogP contribution is -2.45. The van der Waals surface area contributed by atoms with E-state index in [4.69, 9.17) is 18.9 Å². The molecule has 5 atom stereocenters. The SMILES string of the molecule is CC(=O)OC(C)C(=O)NCc1ccccc1-c1ccc(C2OC(CN3CCCC3C(=O)OC(C)(C)C)CC(c3ccc(CO)cc3)O2)cc1. The number of ether oxygens (including phenoxy) is 4. The lowest BCUT2D eigenvalue weighted by Gasteiger charge is -2.38. The van der Waals surface area contributed by atoms with Gasteiger partial charge in [0.1, 0.15) is 11.6 Å². The predicted molar refractivity (Wildman–Crippen MR) is 184 cm³/mol. The van der Waals surface area contributed by atoms with Crippen molar-refractivity contribution in [2.75, 3.05) is 13.1 Å². The van der Waals surface area contributed by atoms with Gasteiger partial charge in [0.25, 0.3) is 5.91 Å². The number of hydrogen-bond acceptors (Lipinski definition) is 9. The van der Waals surface area contributed by atoms with Gasteiger partial charge in [-0.1, -0.05) is 72.8 Å². The lowest BCUT2D eigenvalue weighted by atomic mass is 9.97. The van der Waals surface area contributed by atoms with E-state index >= 15 is 0 Å². The summed E-state index contributed by atoms with van der Waals surface area (Å²) in [4.78, 5) is 39.0. The molecule has 10 nitrogen and oxygen atoms in total. The average Bonchev–Trinajstić information content (AvgIpc) is 3.54. The molecule has 1 amide bonds. The molecule has 10 heteroatoms. The van der Waals surface area contributed by atoms with Gasteiger partial charge >= 0.3 is 11.9 Å². The van der Waals surface area contributed by atoms with Crippen molar-refractivity contribution in [3.8, 4) is 11.1 Å². The molecule has 0 saturated carbocycles. The van der Waals surface area contributed by atoms with Crippen LogP contribution in [0, 0.1) is 0 Å². The van der Waals surface area contributed by atoms with Crippen LogP contribution in [0.15, 0.2) is 72.8 Å². The Bertz CT molecular complexity index is 1580. The highest BCUT2D eigenvalue weighted by atomic mass is 16.7. The third-order valence-electron chi connectivity index (χ3n) is 8.77. The van der Waals surface area contributed by atoms with Gasteiger partial charge in [0.15, 0.2) is 12.4 Å². The molecule has 0 aromatic heterocycles. The van der Waals surface area contributed by atoms with Crippen LogP contribution in [0.5, 0.6) is 0 Å². The summed E-state index contributed by atoms with van der Waals surface area (Å²) in [5, 5.41) is 12.4. The molecule has 3 aromatic carbocycles. The van der Waals surface area contributed by atoms with Gasteiger partial charge in [-0.15, -0.1) is 0 Å². The van der Waals surface area contributed by atoms with E-state index in [1.54, 1.807) is 6.92 Å². The number of hydrogen-bond donors (Lipinski definition) is 2. The van der Waals surface area contributed by atoms with E-state index in [1.165, 1.54) is 6.92 Å². The van der Waals surface area contributed by atoms with Crippen LogP contribution in [0.25, 0.3) is 11.1 Å². The van der Waals surface area contributed by atoms with Gasteiger partial charge in [0.2, 0.25) is 0 Å². The number of carbonyl (C=O) groups excluding carboxylic acids is 3. The predicted octanol–water partition coefficient (Wildman–Crippen LogP) is 5.77. The number of rotatable bonds is 11. The first-order chi connectivity index (χ1) is 23.4. The molecule has 0 aliphatic carbocycles. The Hall–Kier alpha value is -4.09. The van der Waals surface area contributed by atoms with Crippen molar-refractivity contribution in [3.63, 3.8) is 0 Å². The molecular formula is C39H48N2O8. The zero-order valence-corrected chi connectivity index (χ0v) is 29.0. The highest BCUT2D eigenvalue weighted by Crippen LogP contribution is 2.39. The highest BCUT2D eigenvalue weighted by molar-refractivity contribution is 5.83. The van der Waals surface area contributed by atoms with Crippen LogP contribution in [0.4, 0.5) is 0 Å². The van der Waals surface area contributed by atoms with Gasteiger partial charge in [-0.2, -0.15) is 0 Å². The van der Waals surface area contributed by atoms with Gasteiger partial charge in [-0.25, -0.2) is 0 Å². The summed E-state index contributed by atoms with van der Waals surface area (Å²) < 4.78 is 23.9. The smallest absolute Gasteiger partial charge is 0.323 e. The number of nitrogens with one attached hydrogen (secondary N) is 1. The highest BCUT2D eigenvalue weighted by Gasteiger charge is 2.39. The number of amides is 1. The Morgan fingerprint density at radius 2 is 1.67 bits per heavy atom. The minimum absolute atomic E-state index is 0.0313. The van der Waals surface area contributed by atoms with E-state index in [0.29, 0.717) is 13.0 Å². The number of aliphatic hydroxyl groups is 1. The van der Waals surface area contributed by atoms with Gasteiger partial charge in [0, 0.05) is 32.0 Å². The average molecular weight is 673 g/mol. The van der Waals surface area contributed by atoms with Gasteiger partial charge in [-0.05, 0) is 74.9 Å². The molecule has 5 rings (SSSR count). The summed E-state index contributed by atoms with van der Waals surface area (Å²) in [5.74, 6) is -1.07. The summed E-state index contributed by atoms with van der Waals surface area (Å²) in [6.07, 6.45) is 0.301. The Morgan fingerprint density at radius 3 is 2.35 bits per heavy atom. The Morgan fingerprint density at radius 1 is 0.980 bits per heavy atom. The fourth-order valence-electron chi connectivity index (χ4n) is 6.38. The normalized spacial score (nSPS) is 21.9. The quantitative estimate of drug-likeness (QED) is 0.245. The van der Waals surface area contributed by atoms with E-state index in [0.717, 1.165) is 52.8 Å². The number of aliphatic hydroxyl groups excluding tert-OH is 1. The van der Waals surface area contributed by atoms with E-state index in [1.807, 2.05) is 93.6 Å². The molecule has 0 radical (unpaired) electrons. The molecule has 0 spiro atoms. The van der Waals surface area contributed by atoms with Crippen LogP contribution < -0.4 is 5.32 Å². The Balaban J connectivity index is 1.33. The Kier molecular flexibility index (Phi) is 11.9. The topological polar surface area (TPSA) is 124 Å². The zero-order valence-electron chi connectivity index (χ0n) is 29.0. The molecule has 2 fully saturated rings. The van der Waals surface area contributed by atoms with Crippen molar-refractivity contribution in [2.24, 2.45) is 0 Å². The molecule has 2 N–H and O–H groups in total. The number of benzene rings is 3. The second-order valence-electron chi connectivity index (χ2n) is 13.8. The van der Waals surface area contributed by atoms with E-state index in [-0.39, 0.29) is 43.3 Å². The van der Waals surface area contributed by atoms with Crippen LogP contribution in [0.2, 0.25) is 0 Å². The minimum Gasteiger partial charge on any atom is -0.459 e. The van der Waals surface area contributed by atoms with E-state index in [2.05, 4.69) is 10.2 Å². The molecule has 2 aliphatic heterocycles. The summed E-state index contributed by atoms with van der Waals surface area (Å²) in [7, 11) is 0. The van der Waals surface area contributed by atoms with Crippen molar-refractivity contribution >= 4 is 17.8 Å². The van der Waals surface area contributed by atoms with E-state index < -0.39 is 24.0 Å². The zero-order chi connectivity index (χ0) is 35.1. The van der Waals surface area contributed by atoms with Gasteiger partial charge in [-0.3, -0.25) is 19.3 Å². The Labute approximate surface area is 288 Å². The molecule has 3 aromatic rings. The molecular weight excluding hydrogens is 624 g/mol. The maximum atomic E-state index is 13.1. The van der Waals surface area contributed by atoms with Crippen molar-refractivity contribution in [1.82, 2.24) is 10.2 Å². The number of likely N-dealkylation sites (tertiary alicyclic amines) is 1. The maximum Gasteiger partial charge on any atom is 0.323 e. The fraction of sp³-hybridized carbons (Fsp3) is 0.462. The number of nitrogens with zero attached hydrogens (tertiary/aromatic N) is 1. The standard InChI is InChI=1S/C39H48N2O8/c1-25(46-26(2)43)36(44)40-22-31-9-6-7-10-33(31)28-16-18-30(19-17-28)38-47-32(21-35(48-38)29-14-12-27(24-42)13-15-29)23-41-20-8-11-34(41)37(45)49-39(3,4)5/h6-7,9-10,12-19,25,32,34-35,38,42H,8,11,20-24H2,1-5H3,(H,40,44). The fourth-order valence-corrected chi connectivity index (χ4v) is 6.38. The first-order valence-corrected chi connectivity index (χ1v) is 17.0. The lowest BCUT2D eigenvalue weighted by molar-refractivity contribution is -0.253. The van der Waals surface area contributed by atoms with Crippen LogP contribution in [-0.2, 0) is 46.5 Å². The monoisotopic (exact) mass is 672 g/mol. The summed E-state index contributed by atoms with van der Waals surface area (Å²) >= 11 is 0. The minimum atomic E-state index is -0.881. The summed E-state index contributed by atoms with van der Waals surface area (Å²) in [6, 6.07) is 23.3. The molecule has 5 unspecified atom stereocenters. The van der Waals surface area contributed by atoms with Gasteiger partial charge in [0.05, 0.1) is 18.8 Å². The summed E-state index contributed by atoms with van der Waals surface area (Å²) in [5.41, 5.74) is 4.97. The van der Waals surface area contributed by atoms with Crippen molar-refractivity contribution in [1.29, 1.82) is 0 Å². The van der Waals surface area contributed by atoms with Crippen LogP contribution in [0.3, 0.4) is 0 Å². The van der Waals surface area contributed by atoms with Crippen LogP contribution >= 0.6 is 0 Å². The van der Waals surface area contributed by atoms with Crippen molar-refractivity contribution in [2.45, 2.75) is 103 Å². The number of carbonyl (C=O) groups is 3. The maximum absolute atomic E-state index is 13.1. The van der Waals surface area contributed by atoms with Crippen LogP contribution in [0.1, 0.15) is 88.5 Å². The van der Waals surface area contributed by atoms with Crippen molar-refractivity contribution < 1.29 is 38.4 Å². The molecule has 0 bridgehead atoms. The second kappa shape index (κ2) is 16.1. The van der Waals surface area contributed by atoms with Crippen LogP contribution in [-0.4, -0.2) is 64.8 Å². The number of esters is 2.